The predicted octanol–water partition coefficient (Wildman–Crippen LogP) is 4.17. The Balaban J connectivity index is 2.58. The van der Waals surface area contributed by atoms with E-state index in [9.17, 15) is 26.7 Å². The molecule has 0 aliphatic carbocycles. The summed E-state index contributed by atoms with van der Waals surface area (Å²) in [5.74, 6) is -5.48. The van der Waals surface area contributed by atoms with Crippen molar-refractivity contribution in [3.05, 3.63) is 47.7 Å². The quantitative estimate of drug-likeness (QED) is 0.623. The van der Waals surface area contributed by atoms with E-state index in [1.54, 1.807) is 6.92 Å². The van der Waals surface area contributed by atoms with E-state index in [2.05, 4.69) is 4.98 Å². The number of ketones is 1. The molecule has 0 saturated carbocycles. The third-order valence-electron chi connectivity index (χ3n) is 2.89. The Morgan fingerprint density at radius 2 is 1.91 bits per heavy atom. The van der Waals surface area contributed by atoms with Crippen LogP contribution in [0.3, 0.4) is 0 Å². The largest absolute Gasteiger partial charge is 0.494 e. The average molecular weight is 331 g/mol. The van der Waals surface area contributed by atoms with Gasteiger partial charge in [-0.1, -0.05) is 0 Å². The second-order valence-electron chi connectivity index (χ2n) is 4.42. The Hall–Kier alpha value is -2.51. The molecule has 0 aliphatic heterocycles. The minimum atomic E-state index is -5.39. The van der Waals surface area contributed by atoms with E-state index in [0.717, 1.165) is 6.07 Å². The Morgan fingerprint density at radius 1 is 1.22 bits per heavy atom. The van der Waals surface area contributed by atoms with Crippen LogP contribution in [0.25, 0.3) is 11.3 Å². The van der Waals surface area contributed by atoms with Crippen LogP contribution in [0.2, 0.25) is 0 Å². The number of carbonyl (C=O) groups is 1. The molecule has 0 spiro atoms. The number of ether oxygens (including phenoxy) is 1. The Bertz CT molecular complexity index is 743. The Morgan fingerprint density at radius 3 is 2.52 bits per heavy atom. The van der Waals surface area contributed by atoms with Gasteiger partial charge >= 0.3 is 6.18 Å². The van der Waals surface area contributed by atoms with Gasteiger partial charge in [0.2, 0.25) is 0 Å². The number of halogens is 5. The van der Waals surface area contributed by atoms with Gasteiger partial charge in [0.15, 0.2) is 0 Å². The van der Waals surface area contributed by atoms with Crippen LogP contribution in [-0.2, 0) is 0 Å². The van der Waals surface area contributed by atoms with Crippen molar-refractivity contribution in [2.75, 3.05) is 6.61 Å². The summed E-state index contributed by atoms with van der Waals surface area (Å²) < 4.78 is 70.4. The van der Waals surface area contributed by atoms with Gasteiger partial charge in [0.25, 0.3) is 5.78 Å². The molecule has 1 aromatic heterocycles. The van der Waals surface area contributed by atoms with Gasteiger partial charge in [-0.2, -0.15) is 13.2 Å². The van der Waals surface area contributed by atoms with Crippen LogP contribution < -0.4 is 4.74 Å². The molecular formula is C15H10F5NO2. The SMILES string of the molecule is CCOc1ccnc(-c2ccc(F)c(C(=O)C(F)(F)F)c2F)c1. The molecule has 2 rings (SSSR count). The number of aromatic nitrogens is 1. The highest BCUT2D eigenvalue weighted by atomic mass is 19.4. The summed E-state index contributed by atoms with van der Waals surface area (Å²) >= 11 is 0. The molecule has 0 N–H and O–H groups in total. The van der Waals surface area contributed by atoms with Gasteiger partial charge < -0.3 is 4.74 Å². The van der Waals surface area contributed by atoms with E-state index in [1.807, 2.05) is 0 Å². The fourth-order valence-corrected chi connectivity index (χ4v) is 1.92. The topological polar surface area (TPSA) is 39.2 Å². The monoisotopic (exact) mass is 331 g/mol. The van der Waals surface area contributed by atoms with Crippen molar-refractivity contribution in [2.24, 2.45) is 0 Å². The maximum Gasteiger partial charge on any atom is 0.455 e. The van der Waals surface area contributed by atoms with E-state index in [-0.39, 0.29) is 5.69 Å². The van der Waals surface area contributed by atoms with Crippen molar-refractivity contribution < 1.29 is 31.5 Å². The van der Waals surface area contributed by atoms with Gasteiger partial charge in [-0.15, -0.1) is 0 Å². The second-order valence-corrected chi connectivity index (χ2v) is 4.42. The smallest absolute Gasteiger partial charge is 0.455 e. The van der Waals surface area contributed by atoms with Crippen LogP contribution in [0.5, 0.6) is 5.75 Å². The van der Waals surface area contributed by atoms with Crippen molar-refractivity contribution in [3.8, 4) is 17.0 Å². The van der Waals surface area contributed by atoms with Crippen molar-refractivity contribution in [3.63, 3.8) is 0 Å². The number of benzene rings is 1. The number of carbonyl (C=O) groups excluding carboxylic acids is 1. The summed E-state index contributed by atoms with van der Waals surface area (Å²) in [6, 6.07) is 4.25. The minimum Gasteiger partial charge on any atom is -0.494 e. The van der Waals surface area contributed by atoms with Gasteiger partial charge in [-0.25, -0.2) is 8.78 Å². The maximum absolute atomic E-state index is 14.3. The minimum absolute atomic E-state index is 0.0790. The van der Waals surface area contributed by atoms with Crippen LogP contribution in [0.1, 0.15) is 17.3 Å². The zero-order valence-corrected chi connectivity index (χ0v) is 11.7. The van der Waals surface area contributed by atoms with Gasteiger partial charge in [0.05, 0.1) is 17.9 Å². The third-order valence-corrected chi connectivity index (χ3v) is 2.89. The Kier molecular flexibility index (Phi) is 4.63. The molecule has 23 heavy (non-hydrogen) atoms. The summed E-state index contributed by atoms with van der Waals surface area (Å²) in [6.45, 7) is 2.02. The first kappa shape index (κ1) is 16.9. The van der Waals surface area contributed by atoms with Crippen molar-refractivity contribution in [2.45, 2.75) is 13.1 Å². The van der Waals surface area contributed by atoms with Crippen LogP contribution in [-0.4, -0.2) is 23.6 Å². The van der Waals surface area contributed by atoms with E-state index in [4.69, 9.17) is 4.74 Å². The number of hydrogen-bond acceptors (Lipinski definition) is 3. The highest BCUT2D eigenvalue weighted by molar-refractivity contribution is 6.01. The fourth-order valence-electron chi connectivity index (χ4n) is 1.92. The molecule has 0 radical (unpaired) electrons. The van der Waals surface area contributed by atoms with E-state index in [1.165, 1.54) is 18.3 Å². The van der Waals surface area contributed by atoms with Gasteiger partial charge in [0, 0.05) is 17.8 Å². The number of hydrogen-bond donors (Lipinski definition) is 0. The third kappa shape index (κ3) is 3.46. The van der Waals surface area contributed by atoms with E-state index >= 15 is 0 Å². The summed E-state index contributed by atoms with van der Waals surface area (Å²) in [4.78, 5) is 15.0. The van der Waals surface area contributed by atoms with Gasteiger partial charge in [0.1, 0.15) is 17.4 Å². The number of pyridine rings is 1. The molecule has 0 aliphatic rings. The second kappa shape index (κ2) is 6.31. The molecule has 8 heteroatoms. The normalized spacial score (nSPS) is 11.4. The van der Waals surface area contributed by atoms with E-state index in [0.29, 0.717) is 18.4 Å². The lowest BCUT2D eigenvalue weighted by molar-refractivity contribution is -0.0890. The molecule has 0 atom stereocenters. The molecule has 0 saturated heterocycles. The molecule has 1 aromatic carbocycles. The van der Waals surface area contributed by atoms with Crippen LogP contribution in [0.4, 0.5) is 22.0 Å². The van der Waals surface area contributed by atoms with Crippen LogP contribution in [0, 0.1) is 11.6 Å². The zero-order chi connectivity index (χ0) is 17.2. The highest BCUT2D eigenvalue weighted by Gasteiger charge is 2.43. The molecule has 0 amide bonds. The standard InChI is InChI=1S/C15H10F5NO2/c1-2-23-8-5-6-21-11(7-8)9-3-4-10(16)12(13(9)17)14(22)15(18,19)20/h3-7H,2H2,1H3. The molecule has 0 unspecified atom stereocenters. The lowest BCUT2D eigenvalue weighted by Crippen LogP contribution is -2.25. The summed E-state index contributed by atoms with van der Waals surface area (Å²) in [6.07, 6.45) is -4.13. The number of alkyl halides is 3. The first-order chi connectivity index (χ1) is 10.8. The lowest BCUT2D eigenvalue weighted by Gasteiger charge is -2.11. The van der Waals surface area contributed by atoms with Crippen LogP contribution in [0.15, 0.2) is 30.5 Å². The molecule has 2 aromatic rings. The first-order valence-corrected chi connectivity index (χ1v) is 6.44. The fraction of sp³-hybridized carbons (Fsp3) is 0.200. The van der Waals surface area contributed by atoms with Crippen molar-refractivity contribution >= 4 is 5.78 Å². The predicted molar refractivity (Wildman–Crippen MR) is 71.1 cm³/mol. The van der Waals surface area contributed by atoms with Gasteiger partial charge in [-0.05, 0) is 25.1 Å². The molecule has 0 fully saturated rings. The maximum atomic E-state index is 14.3. The summed E-state index contributed by atoms with van der Waals surface area (Å²) in [5, 5.41) is 0. The molecule has 0 bridgehead atoms. The van der Waals surface area contributed by atoms with E-state index < -0.39 is 34.7 Å². The number of nitrogens with zero attached hydrogens (tertiary/aromatic N) is 1. The van der Waals surface area contributed by atoms with Crippen molar-refractivity contribution in [1.82, 2.24) is 4.98 Å². The van der Waals surface area contributed by atoms with Gasteiger partial charge in [-0.3, -0.25) is 9.78 Å². The molecule has 122 valence electrons. The first-order valence-electron chi connectivity index (χ1n) is 6.44. The Labute approximate surface area is 127 Å². The van der Waals surface area contributed by atoms with Crippen molar-refractivity contribution in [1.29, 1.82) is 0 Å². The lowest BCUT2D eigenvalue weighted by atomic mass is 10.0. The zero-order valence-electron chi connectivity index (χ0n) is 11.7. The number of rotatable bonds is 4. The molecule has 3 nitrogen and oxygen atoms in total. The average Bonchev–Trinajstić information content (AvgIpc) is 2.47. The number of Topliss-reactive ketones (excluding diaryl/α,β-unsaturated/α-hetero) is 1. The highest BCUT2D eigenvalue weighted by Crippen LogP contribution is 2.31. The summed E-state index contributed by atoms with van der Waals surface area (Å²) in [5.41, 5.74) is -2.16. The van der Waals surface area contributed by atoms with Crippen LogP contribution >= 0.6 is 0 Å². The molecule has 1 heterocycles. The summed E-state index contributed by atoms with van der Waals surface area (Å²) in [7, 11) is 0. The molecular weight excluding hydrogens is 321 g/mol.